The first-order valence-corrected chi connectivity index (χ1v) is 21.3. The monoisotopic (exact) mass is 842 g/mol. The molecule has 0 fully saturated rings. The molecule has 61 heavy (non-hydrogen) atoms. The number of methoxy groups -OCH3 is 2. The van der Waals surface area contributed by atoms with Gasteiger partial charge >= 0.3 is 12.4 Å². The summed E-state index contributed by atoms with van der Waals surface area (Å²) in [5.74, 6) is -1.21. The number of halogens is 6. The Morgan fingerprint density at radius 2 is 0.885 bits per heavy atom. The first kappa shape index (κ1) is 45.3. The lowest BCUT2D eigenvalue weighted by molar-refractivity contribution is -0.153. The number of aryl methyl sites for hydroxylation is 2. The summed E-state index contributed by atoms with van der Waals surface area (Å²) >= 11 is 0. The highest BCUT2D eigenvalue weighted by Gasteiger charge is 2.44. The Bertz CT molecular complexity index is 1990. The van der Waals surface area contributed by atoms with Crippen molar-refractivity contribution in [2.75, 3.05) is 14.2 Å². The minimum absolute atomic E-state index is 0.121. The van der Waals surface area contributed by atoms with Crippen molar-refractivity contribution in [2.45, 2.75) is 113 Å². The van der Waals surface area contributed by atoms with Gasteiger partial charge in [0.05, 0.1) is 26.1 Å². The van der Waals surface area contributed by atoms with Crippen molar-refractivity contribution in [3.8, 4) is 11.5 Å². The molecule has 2 aliphatic carbocycles. The second-order valence-corrected chi connectivity index (χ2v) is 16.4. The van der Waals surface area contributed by atoms with Crippen molar-refractivity contribution >= 4 is 0 Å². The molecule has 0 heterocycles. The van der Waals surface area contributed by atoms with Crippen LogP contribution in [0.2, 0.25) is 0 Å². The molecule has 2 aliphatic rings. The molecule has 0 bridgehead atoms. The van der Waals surface area contributed by atoms with E-state index in [0.717, 1.165) is 36.8 Å². The topological polar surface area (TPSA) is 27.7 Å². The van der Waals surface area contributed by atoms with Crippen LogP contribution in [0.4, 0.5) is 26.3 Å². The molecule has 2 unspecified atom stereocenters. The summed E-state index contributed by atoms with van der Waals surface area (Å²) in [6, 6.07) is 28.6. The van der Waals surface area contributed by atoms with Crippen molar-refractivity contribution in [3.63, 3.8) is 0 Å². The average Bonchev–Trinajstić information content (AvgIpc) is 3.25. The Hall–Kier alpha value is -5.18. The molecule has 0 aromatic heterocycles. The molecule has 0 saturated heterocycles. The molecule has 0 saturated carbocycles. The van der Waals surface area contributed by atoms with Crippen molar-refractivity contribution in [3.05, 3.63) is 178 Å². The number of hydrogen-bond acceptors (Lipinski definition) is 3. The second-order valence-electron chi connectivity index (χ2n) is 16.4. The first-order chi connectivity index (χ1) is 29.2. The number of ether oxygens (including phenoxy) is 3. The van der Waals surface area contributed by atoms with Gasteiger partial charge in [0, 0.05) is 10.8 Å². The number of hydrogen-bond donors (Lipinski definition) is 0. The van der Waals surface area contributed by atoms with Crippen LogP contribution in [0.25, 0.3) is 0 Å². The first-order valence-electron chi connectivity index (χ1n) is 21.3. The molecule has 9 heteroatoms. The summed E-state index contributed by atoms with van der Waals surface area (Å²) < 4.78 is 105. The molecular weight excluding hydrogens is 787 g/mol. The predicted octanol–water partition coefficient (Wildman–Crippen LogP) is 14.7. The maximum Gasteiger partial charge on any atom is 0.395 e. The normalized spacial score (nSPS) is 20.1. The summed E-state index contributed by atoms with van der Waals surface area (Å²) in [4.78, 5) is 0. The Balaban J connectivity index is 1.23. The largest absolute Gasteiger partial charge is 0.497 e. The number of benzene rings is 4. The van der Waals surface area contributed by atoms with Crippen molar-refractivity contribution in [1.29, 1.82) is 0 Å². The lowest BCUT2D eigenvalue weighted by atomic mass is 9.70. The fourth-order valence-corrected chi connectivity index (χ4v) is 8.79. The van der Waals surface area contributed by atoms with Gasteiger partial charge in [-0.2, -0.15) is 26.3 Å². The second kappa shape index (κ2) is 19.7. The van der Waals surface area contributed by atoms with Gasteiger partial charge in [-0.25, -0.2) is 0 Å². The lowest BCUT2D eigenvalue weighted by Crippen LogP contribution is -2.29. The Morgan fingerprint density at radius 1 is 0.525 bits per heavy atom. The fourth-order valence-electron chi connectivity index (χ4n) is 8.79. The van der Waals surface area contributed by atoms with Gasteiger partial charge in [-0.3, -0.25) is 0 Å². The standard InChI is InChI=1S/C52H56F6O3/c1-5-7-37-9-17-41(18-10-37)49(35-29-47(51(53,54)55)39-13-21-43(59-3)22-14-39)31-25-45(26-32-49)61-46-27-33-50(34-28-46,42-19-11-38(8-6-2)12-20-42)36-30-48(52(56,57)58)40-15-23-44(60-4)24-16-40/h9-28,31,33,47-48H,5-8,29-30,32,34-36H2,1-4H3/t47-,48-,49?,50?/m0/s1. The molecular formula is C52H56F6O3. The third kappa shape index (κ3) is 11.2. The third-order valence-electron chi connectivity index (χ3n) is 12.4. The smallest absolute Gasteiger partial charge is 0.395 e. The van der Waals surface area contributed by atoms with Gasteiger partial charge in [-0.15, -0.1) is 0 Å². The van der Waals surface area contributed by atoms with Gasteiger partial charge in [-0.1, -0.05) is 112 Å². The summed E-state index contributed by atoms with van der Waals surface area (Å²) in [5.41, 5.74) is 3.20. The highest BCUT2D eigenvalue weighted by atomic mass is 19.4. The van der Waals surface area contributed by atoms with E-state index in [4.69, 9.17) is 14.2 Å². The number of rotatable bonds is 18. The SMILES string of the molecule is CCCc1ccc(C2(CC[C@@H](c3ccc(OC)cc3)C(F)(F)F)C=CC(OC3=CCC(CC[C@@H](c4ccc(OC)cc4)C(F)(F)F)(c4ccc(CCC)cc4)C=C3)=CC2)cc1. The molecule has 4 aromatic carbocycles. The van der Waals surface area contributed by atoms with Crippen LogP contribution in [0.15, 0.2) is 145 Å². The fraction of sp³-hybridized carbons (Fsp3) is 0.385. The van der Waals surface area contributed by atoms with E-state index in [1.807, 2.05) is 60.7 Å². The predicted molar refractivity (Wildman–Crippen MR) is 231 cm³/mol. The third-order valence-corrected chi connectivity index (χ3v) is 12.4. The quantitative estimate of drug-likeness (QED) is 0.0934. The minimum atomic E-state index is -4.45. The number of allylic oxidation sites excluding steroid dienone is 6. The van der Waals surface area contributed by atoms with E-state index in [0.29, 0.717) is 35.9 Å². The van der Waals surface area contributed by atoms with Crippen molar-refractivity contribution in [1.82, 2.24) is 0 Å². The Labute approximate surface area is 356 Å². The van der Waals surface area contributed by atoms with Crippen molar-refractivity contribution in [2.24, 2.45) is 0 Å². The van der Waals surface area contributed by atoms with Crippen LogP contribution in [-0.4, -0.2) is 26.6 Å². The van der Waals surface area contributed by atoms with Crippen LogP contribution in [0, 0.1) is 0 Å². The summed E-state index contributed by atoms with van der Waals surface area (Å²) in [6.45, 7) is 4.22. The molecule has 4 aromatic rings. The van der Waals surface area contributed by atoms with E-state index in [1.54, 1.807) is 24.3 Å². The Morgan fingerprint density at radius 3 is 1.16 bits per heavy atom. The molecule has 0 aliphatic heterocycles. The lowest BCUT2D eigenvalue weighted by Gasteiger charge is -2.36. The van der Waals surface area contributed by atoms with Crippen molar-refractivity contribution < 1.29 is 40.6 Å². The van der Waals surface area contributed by atoms with E-state index in [2.05, 4.69) is 38.1 Å². The average molecular weight is 843 g/mol. The van der Waals surface area contributed by atoms with Crippen LogP contribution in [0.5, 0.6) is 11.5 Å². The highest BCUT2D eigenvalue weighted by Crippen LogP contribution is 2.48. The maximum atomic E-state index is 14.6. The van der Waals surface area contributed by atoms with Gasteiger partial charge in [0.25, 0.3) is 0 Å². The molecule has 0 radical (unpaired) electrons. The van der Waals surface area contributed by atoms with Crippen LogP contribution in [0.1, 0.15) is 110 Å². The van der Waals surface area contributed by atoms with E-state index in [-0.39, 0.29) is 36.8 Å². The van der Waals surface area contributed by atoms with Gasteiger partial charge < -0.3 is 14.2 Å². The molecule has 4 atom stereocenters. The molecule has 0 spiro atoms. The van der Waals surface area contributed by atoms with Crippen LogP contribution >= 0.6 is 0 Å². The molecule has 324 valence electrons. The summed E-state index contributed by atoms with van der Waals surface area (Å²) in [7, 11) is 2.97. The number of alkyl halides is 6. The minimum Gasteiger partial charge on any atom is -0.497 e. The zero-order valence-electron chi connectivity index (χ0n) is 35.4. The molecule has 3 nitrogen and oxygen atoms in total. The zero-order chi connectivity index (χ0) is 43.7. The Kier molecular flexibility index (Phi) is 14.6. The van der Waals surface area contributed by atoms with Gasteiger partial charge in [0.2, 0.25) is 0 Å². The van der Waals surface area contributed by atoms with Crippen LogP contribution in [-0.2, 0) is 28.4 Å². The zero-order valence-corrected chi connectivity index (χ0v) is 35.4. The van der Waals surface area contributed by atoms with Gasteiger partial charge in [0.15, 0.2) is 0 Å². The van der Waals surface area contributed by atoms with Gasteiger partial charge in [-0.05, 0) is 133 Å². The van der Waals surface area contributed by atoms with E-state index >= 15 is 0 Å². The van der Waals surface area contributed by atoms with Gasteiger partial charge in [0.1, 0.15) is 23.0 Å². The maximum absolute atomic E-state index is 14.6. The van der Waals surface area contributed by atoms with E-state index in [1.165, 1.54) is 49.6 Å². The van der Waals surface area contributed by atoms with E-state index < -0.39 is 35.0 Å². The van der Waals surface area contributed by atoms with Crippen LogP contribution < -0.4 is 9.47 Å². The van der Waals surface area contributed by atoms with Crippen LogP contribution in [0.3, 0.4) is 0 Å². The molecule has 0 amide bonds. The summed E-state index contributed by atoms with van der Waals surface area (Å²) in [5, 5.41) is 0. The molecule has 0 N–H and O–H groups in total. The van der Waals surface area contributed by atoms with E-state index in [9.17, 15) is 26.3 Å². The molecule has 6 rings (SSSR count). The summed E-state index contributed by atoms with van der Waals surface area (Å²) in [6.07, 6.45) is 7.49. The highest BCUT2D eigenvalue weighted by molar-refractivity contribution is 5.43.